The molecule has 1 aliphatic heterocycles. The fourth-order valence-electron chi connectivity index (χ4n) is 2.69. The first-order valence-corrected chi connectivity index (χ1v) is 7.69. The zero-order chi connectivity index (χ0) is 14.6. The summed E-state index contributed by atoms with van der Waals surface area (Å²) in [6.45, 7) is 8.50. The number of ether oxygens (including phenoxy) is 1. The van der Waals surface area contributed by atoms with Crippen LogP contribution in [-0.4, -0.2) is 48.6 Å². The highest BCUT2D eigenvalue weighted by Gasteiger charge is 2.25. The van der Waals surface area contributed by atoms with Gasteiger partial charge in [-0.2, -0.15) is 0 Å². The zero-order valence-electron chi connectivity index (χ0n) is 12.9. The summed E-state index contributed by atoms with van der Waals surface area (Å²) in [6, 6.07) is 0. The third kappa shape index (κ3) is 4.69. The largest absolute Gasteiger partial charge is 0.444 e. The van der Waals surface area contributed by atoms with Gasteiger partial charge in [0.2, 0.25) is 0 Å². The van der Waals surface area contributed by atoms with E-state index in [4.69, 9.17) is 4.74 Å². The van der Waals surface area contributed by atoms with Gasteiger partial charge in [-0.3, -0.25) is 9.89 Å². The molecule has 1 aliphatic carbocycles. The van der Waals surface area contributed by atoms with Gasteiger partial charge < -0.3 is 10.1 Å². The van der Waals surface area contributed by atoms with Crippen LogP contribution in [0.25, 0.3) is 0 Å². The number of aliphatic imine (C=N–C) groups is 1. The molecule has 0 aromatic carbocycles. The number of nitrogens with zero attached hydrogens (tertiary/aromatic N) is 2. The van der Waals surface area contributed by atoms with Crippen molar-refractivity contribution in [2.75, 3.05) is 26.2 Å². The number of amidine groups is 1. The van der Waals surface area contributed by atoms with Crippen molar-refractivity contribution in [2.24, 2.45) is 10.9 Å². The van der Waals surface area contributed by atoms with Gasteiger partial charge in [-0.15, -0.1) is 0 Å². The second-order valence-electron chi connectivity index (χ2n) is 6.76. The highest BCUT2D eigenvalue weighted by atomic mass is 16.6. The number of carbonyl (C=O) groups is 1. The molecule has 2 rings (SSSR count). The molecule has 1 amide bonds. The van der Waals surface area contributed by atoms with Crippen LogP contribution in [0.4, 0.5) is 4.79 Å². The van der Waals surface area contributed by atoms with E-state index in [-0.39, 0.29) is 6.09 Å². The normalized spacial score (nSPS) is 20.8. The smallest absolute Gasteiger partial charge is 0.410 e. The lowest BCUT2D eigenvalue weighted by Crippen LogP contribution is -2.47. The Hall–Kier alpha value is -1.26. The minimum absolute atomic E-state index is 0.243. The average molecular weight is 281 g/mol. The summed E-state index contributed by atoms with van der Waals surface area (Å²) >= 11 is 0. The Morgan fingerprint density at radius 3 is 2.75 bits per heavy atom. The Bertz CT molecular complexity index is 368. The minimum atomic E-state index is -0.441. The number of amides is 1. The number of carbonyl (C=O) groups excluding carboxylic acids is 1. The second kappa shape index (κ2) is 6.46. The van der Waals surface area contributed by atoms with E-state index in [0.29, 0.717) is 19.6 Å². The maximum Gasteiger partial charge on any atom is 0.410 e. The Labute approximate surface area is 121 Å². The van der Waals surface area contributed by atoms with E-state index in [1.165, 1.54) is 25.7 Å². The monoisotopic (exact) mass is 281 g/mol. The summed E-state index contributed by atoms with van der Waals surface area (Å²) < 4.78 is 5.41. The molecule has 2 aliphatic rings. The van der Waals surface area contributed by atoms with Gasteiger partial charge in [-0.1, -0.05) is 12.8 Å². The van der Waals surface area contributed by atoms with Gasteiger partial charge in [0.25, 0.3) is 0 Å². The summed E-state index contributed by atoms with van der Waals surface area (Å²) in [7, 11) is 0. The molecule has 1 saturated carbocycles. The van der Waals surface area contributed by atoms with E-state index in [1.807, 2.05) is 20.8 Å². The van der Waals surface area contributed by atoms with Gasteiger partial charge in [0.05, 0.1) is 13.1 Å². The molecule has 0 bridgehead atoms. The Morgan fingerprint density at radius 1 is 1.40 bits per heavy atom. The molecule has 0 atom stereocenters. The van der Waals surface area contributed by atoms with E-state index < -0.39 is 5.60 Å². The van der Waals surface area contributed by atoms with Crippen molar-refractivity contribution in [1.29, 1.82) is 0 Å². The molecule has 0 aromatic rings. The first kappa shape index (κ1) is 15.1. The van der Waals surface area contributed by atoms with E-state index in [0.717, 1.165) is 18.3 Å². The number of rotatable bonds is 2. The second-order valence-corrected chi connectivity index (χ2v) is 6.76. The summed E-state index contributed by atoms with van der Waals surface area (Å²) in [5.74, 6) is 1.70. The molecule has 1 heterocycles. The van der Waals surface area contributed by atoms with Crippen molar-refractivity contribution >= 4 is 11.9 Å². The van der Waals surface area contributed by atoms with E-state index in [9.17, 15) is 4.79 Å². The van der Waals surface area contributed by atoms with Crippen LogP contribution in [-0.2, 0) is 4.74 Å². The number of nitrogens with one attached hydrogen (secondary N) is 1. The molecule has 1 fully saturated rings. The van der Waals surface area contributed by atoms with E-state index in [2.05, 4.69) is 10.3 Å². The van der Waals surface area contributed by atoms with Crippen LogP contribution in [0.1, 0.15) is 46.5 Å². The van der Waals surface area contributed by atoms with Crippen molar-refractivity contribution in [2.45, 2.75) is 52.1 Å². The van der Waals surface area contributed by atoms with Crippen LogP contribution in [0.3, 0.4) is 0 Å². The SMILES string of the molecule is CC(C)(C)OC(=O)N1CCN=C(NCC2CCCC2)C1. The fraction of sp³-hybridized carbons (Fsp3) is 0.867. The van der Waals surface area contributed by atoms with E-state index in [1.54, 1.807) is 4.90 Å². The zero-order valence-corrected chi connectivity index (χ0v) is 12.9. The Morgan fingerprint density at radius 2 is 2.10 bits per heavy atom. The van der Waals surface area contributed by atoms with Gasteiger partial charge in [-0.25, -0.2) is 4.79 Å². The predicted molar refractivity (Wildman–Crippen MR) is 80.1 cm³/mol. The summed E-state index contributed by atoms with van der Waals surface area (Å²) in [6.07, 6.45) is 5.09. The van der Waals surface area contributed by atoms with Gasteiger partial charge in [0.15, 0.2) is 0 Å². The number of hydrogen-bond donors (Lipinski definition) is 1. The van der Waals surface area contributed by atoms with Crippen LogP contribution < -0.4 is 5.32 Å². The molecule has 5 nitrogen and oxygen atoms in total. The van der Waals surface area contributed by atoms with Crippen LogP contribution in [0.15, 0.2) is 4.99 Å². The predicted octanol–water partition coefficient (Wildman–Crippen LogP) is 2.42. The van der Waals surface area contributed by atoms with Crippen LogP contribution >= 0.6 is 0 Å². The standard InChI is InChI=1S/C15H27N3O2/c1-15(2,3)20-14(19)18-9-8-16-13(11-18)17-10-12-6-4-5-7-12/h12H,4-11H2,1-3H3,(H,16,17). The van der Waals surface area contributed by atoms with Crippen LogP contribution in [0.2, 0.25) is 0 Å². The van der Waals surface area contributed by atoms with Crippen LogP contribution in [0.5, 0.6) is 0 Å². The van der Waals surface area contributed by atoms with Gasteiger partial charge in [0, 0.05) is 13.1 Å². The average Bonchev–Trinajstić information content (AvgIpc) is 2.88. The van der Waals surface area contributed by atoms with E-state index >= 15 is 0 Å². The highest BCUT2D eigenvalue weighted by molar-refractivity contribution is 5.87. The summed E-state index contributed by atoms with van der Waals surface area (Å²) in [5, 5.41) is 3.41. The summed E-state index contributed by atoms with van der Waals surface area (Å²) in [4.78, 5) is 18.2. The Kier molecular flexibility index (Phi) is 4.89. The van der Waals surface area contributed by atoms with Crippen LogP contribution in [0, 0.1) is 5.92 Å². The van der Waals surface area contributed by atoms with Crippen molar-refractivity contribution in [3.05, 3.63) is 0 Å². The van der Waals surface area contributed by atoms with Gasteiger partial charge in [0.1, 0.15) is 11.4 Å². The lowest BCUT2D eigenvalue weighted by molar-refractivity contribution is 0.0276. The van der Waals surface area contributed by atoms with Crippen molar-refractivity contribution in [1.82, 2.24) is 10.2 Å². The molecule has 0 unspecified atom stereocenters. The molecule has 0 aromatic heterocycles. The van der Waals surface area contributed by atoms with Crippen molar-refractivity contribution < 1.29 is 9.53 Å². The molecule has 1 N–H and O–H groups in total. The van der Waals surface area contributed by atoms with Gasteiger partial charge >= 0.3 is 6.09 Å². The maximum absolute atomic E-state index is 12.0. The lowest BCUT2D eigenvalue weighted by atomic mass is 10.1. The molecule has 5 heteroatoms. The third-order valence-electron chi connectivity index (χ3n) is 3.73. The minimum Gasteiger partial charge on any atom is -0.444 e. The van der Waals surface area contributed by atoms with Crippen molar-refractivity contribution in [3.8, 4) is 0 Å². The highest BCUT2D eigenvalue weighted by Crippen LogP contribution is 2.23. The maximum atomic E-state index is 12.0. The first-order chi connectivity index (χ1) is 9.44. The fourth-order valence-corrected chi connectivity index (χ4v) is 2.69. The lowest BCUT2D eigenvalue weighted by Gasteiger charge is -2.30. The molecule has 114 valence electrons. The third-order valence-corrected chi connectivity index (χ3v) is 3.73. The summed E-state index contributed by atoms with van der Waals surface area (Å²) in [5.41, 5.74) is -0.441. The van der Waals surface area contributed by atoms with Gasteiger partial charge in [-0.05, 0) is 39.5 Å². The molecular formula is C15H27N3O2. The topological polar surface area (TPSA) is 53.9 Å². The molecule has 20 heavy (non-hydrogen) atoms. The quantitative estimate of drug-likeness (QED) is 0.845. The van der Waals surface area contributed by atoms with Crippen molar-refractivity contribution in [3.63, 3.8) is 0 Å². The molecule has 0 radical (unpaired) electrons. The molecular weight excluding hydrogens is 254 g/mol. The molecule has 0 spiro atoms. The Balaban J connectivity index is 1.78. The number of hydrogen-bond acceptors (Lipinski definition) is 4. The first-order valence-electron chi connectivity index (χ1n) is 7.69. The molecule has 0 saturated heterocycles.